The number of thiazole rings is 1. The second-order valence-corrected chi connectivity index (χ2v) is 10.9. The Hall–Kier alpha value is -3.76. The van der Waals surface area contributed by atoms with Gasteiger partial charge in [0.1, 0.15) is 5.02 Å². The third-order valence-corrected chi connectivity index (χ3v) is 8.01. The fraction of sp³-hybridized carbons (Fsp3) is 0.296. The third-order valence-electron chi connectivity index (χ3n) is 6.90. The van der Waals surface area contributed by atoms with E-state index in [4.69, 9.17) is 11.6 Å². The number of nitrogens with zero attached hydrogens (tertiary/aromatic N) is 5. The van der Waals surface area contributed by atoms with Gasteiger partial charge in [-0.1, -0.05) is 11.6 Å². The van der Waals surface area contributed by atoms with Crippen LogP contribution in [0.25, 0.3) is 0 Å². The lowest BCUT2D eigenvalue weighted by Gasteiger charge is -2.31. The largest absolute Gasteiger partial charge is 0.348 e. The van der Waals surface area contributed by atoms with Crippen molar-refractivity contribution in [1.82, 2.24) is 19.9 Å². The molecule has 0 saturated carbocycles. The minimum atomic E-state index is 0.0499. The van der Waals surface area contributed by atoms with Gasteiger partial charge in [0.15, 0.2) is 10.9 Å². The molecule has 11 heteroatoms. The van der Waals surface area contributed by atoms with Gasteiger partial charge in [0.05, 0.1) is 18.1 Å². The number of carbonyl (C=O) groups is 1. The summed E-state index contributed by atoms with van der Waals surface area (Å²) < 4.78 is 0. The molecule has 0 aliphatic carbocycles. The van der Waals surface area contributed by atoms with Crippen LogP contribution in [0.5, 0.6) is 0 Å². The molecule has 0 spiro atoms. The molecular formula is C27H27ClN8OS. The van der Waals surface area contributed by atoms with Crippen molar-refractivity contribution < 1.29 is 4.79 Å². The molecule has 38 heavy (non-hydrogen) atoms. The number of pyridine rings is 1. The summed E-state index contributed by atoms with van der Waals surface area (Å²) in [6, 6.07) is 7.96. The summed E-state index contributed by atoms with van der Waals surface area (Å²) in [5.41, 5.74) is 4.57. The summed E-state index contributed by atoms with van der Waals surface area (Å²) >= 11 is 8.04. The summed E-state index contributed by atoms with van der Waals surface area (Å²) in [6.45, 7) is 1.87. The van der Waals surface area contributed by atoms with Crippen molar-refractivity contribution in [2.75, 3.05) is 33.9 Å². The van der Waals surface area contributed by atoms with Crippen molar-refractivity contribution >= 4 is 62.8 Å². The van der Waals surface area contributed by atoms with Crippen LogP contribution >= 0.6 is 22.9 Å². The van der Waals surface area contributed by atoms with Gasteiger partial charge in [-0.2, -0.15) is 4.98 Å². The van der Waals surface area contributed by atoms with E-state index in [0.717, 1.165) is 72.1 Å². The molecule has 5 heterocycles. The second kappa shape index (κ2) is 10.9. The molecule has 1 saturated heterocycles. The van der Waals surface area contributed by atoms with Crippen LogP contribution in [0.4, 0.5) is 34.0 Å². The first-order valence-electron chi connectivity index (χ1n) is 12.7. The van der Waals surface area contributed by atoms with Gasteiger partial charge in [-0.05, 0) is 67.0 Å². The highest BCUT2D eigenvalue weighted by Crippen LogP contribution is 2.30. The van der Waals surface area contributed by atoms with Crippen molar-refractivity contribution in [3.63, 3.8) is 0 Å². The van der Waals surface area contributed by atoms with Gasteiger partial charge in [0, 0.05) is 48.7 Å². The first-order valence-corrected chi connectivity index (χ1v) is 13.9. The maximum absolute atomic E-state index is 13.1. The predicted molar refractivity (Wildman–Crippen MR) is 152 cm³/mol. The van der Waals surface area contributed by atoms with Crippen LogP contribution in [0.1, 0.15) is 30.4 Å². The van der Waals surface area contributed by atoms with Gasteiger partial charge in [0.2, 0.25) is 11.9 Å². The number of fused-ring (bicyclic) bond motifs is 6. The van der Waals surface area contributed by atoms with Crippen molar-refractivity contribution in [2.24, 2.45) is 5.92 Å². The van der Waals surface area contributed by atoms with E-state index in [2.05, 4.69) is 40.8 Å². The molecule has 6 bridgehead atoms. The number of anilines is 6. The first-order chi connectivity index (χ1) is 18.6. The van der Waals surface area contributed by atoms with Crippen LogP contribution in [0.3, 0.4) is 0 Å². The highest BCUT2D eigenvalue weighted by molar-refractivity contribution is 7.13. The average molecular weight is 547 g/mol. The Morgan fingerprint density at radius 3 is 2.82 bits per heavy atom. The molecule has 1 fully saturated rings. The Morgan fingerprint density at radius 1 is 1.08 bits per heavy atom. The summed E-state index contributed by atoms with van der Waals surface area (Å²) in [5.74, 6) is 1.34. The molecule has 1 amide bonds. The normalized spacial score (nSPS) is 15.3. The lowest BCUT2D eigenvalue weighted by molar-refractivity contribution is -0.117. The number of benzene rings is 1. The van der Waals surface area contributed by atoms with Crippen molar-refractivity contribution in [1.29, 1.82) is 0 Å². The molecule has 2 aliphatic rings. The van der Waals surface area contributed by atoms with Crippen molar-refractivity contribution in [3.8, 4) is 0 Å². The van der Waals surface area contributed by atoms with Gasteiger partial charge in [-0.25, -0.2) is 9.97 Å². The maximum atomic E-state index is 13.1. The van der Waals surface area contributed by atoms with E-state index in [9.17, 15) is 4.79 Å². The first kappa shape index (κ1) is 24.6. The Kier molecular flexibility index (Phi) is 7.06. The van der Waals surface area contributed by atoms with E-state index in [1.54, 1.807) is 23.7 Å². The third kappa shape index (κ3) is 5.71. The van der Waals surface area contributed by atoms with Crippen LogP contribution in [0, 0.1) is 5.92 Å². The van der Waals surface area contributed by atoms with Crippen molar-refractivity contribution in [2.45, 2.75) is 32.1 Å². The SMILES string of the molecule is O=C(CC1CCN(c2nccs2)CC1)Nc1ccc2cc1CCc1cncc(c1)Nc1ncc(Cl)c(n1)N2. The number of hydrogen-bond acceptors (Lipinski definition) is 9. The average Bonchev–Trinajstić information content (AvgIpc) is 3.46. The zero-order valence-electron chi connectivity index (χ0n) is 20.7. The molecule has 9 nitrogen and oxygen atoms in total. The lowest BCUT2D eigenvalue weighted by atomic mass is 9.93. The Morgan fingerprint density at radius 2 is 1.97 bits per heavy atom. The van der Waals surface area contributed by atoms with Crippen LogP contribution in [0.2, 0.25) is 5.02 Å². The van der Waals surface area contributed by atoms with Gasteiger partial charge in [-0.15, -0.1) is 11.3 Å². The molecule has 0 radical (unpaired) electrons. The summed E-state index contributed by atoms with van der Waals surface area (Å²) in [7, 11) is 0. The molecule has 1 aromatic carbocycles. The minimum Gasteiger partial charge on any atom is -0.348 e. The summed E-state index contributed by atoms with van der Waals surface area (Å²) in [6.07, 6.45) is 11.0. The molecule has 6 rings (SSSR count). The Bertz CT molecular complexity index is 1440. The van der Waals surface area contributed by atoms with Crippen LogP contribution in [-0.4, -0.2) is 38.9 Å². The zero-order chi connectivity index (χ0) is 25.9. The number of amides is 1. The number of carbonyl (C=O) groups excluding carboxylic acids is 1. The number of aryl methyl sites for hydroxylation is 2. The fourth-order valence-electron chi connectivity index (χ4n) is 4.92. The monoisotopic (exact) mass is 546 g/mol. The molecule has 3 aromatic heterocycles. The Balaban J connectivity index is 1.18. The van der Waals surface area contributed by atoms with E-state index < -0.39 is 0 Å². The molecule has 3 N–H and O–H groups in total. The van der Waals surface area contributed by atoms with Crippen molar-refractivity contribution in [3.05, 3.63) is 70.6 Å². The number of hydrogen-bond donors (Lipinski definition) is 3. The highest BCUT2D eigenvalue weighted by atomic mass is 35.5. The fourth-order valence-corrected chi connectivity index (χ4v) is 5.75. The van der Waals surface area contributed by atoms with E-state index in [1.807, 2.05) is 42.0 Å². The molecule has 0 unspecified atom stereocenters. The van der Waals surface area contributed by atoms with Gasteiger partial charge >= 0.3 is 0 Å². The summed E-state index contributed by atoms with van der Waals surface area (Å²) in [4.78, 5) is 33.0. The van der Waals surface area contributed by atoms with Gasteiger partial charge < -0.3 is 20.9 Å². The highest BCUT2D eigenvalue weighted by Gasteiger charge is 2.23. The molecule has 194 valence electrons. The van der Waals surface area contributed by atoms with E-state index >= 15 is 0 Å². The minimum absolute atomic E-state index is 0.0499. The van der Waals surface area contributed by atoms with E-state index in [0.29, 0.717) is 29.1 Å². The van der Waals surface area contributed by atoms with Crippen LogP contribution in [-0.2, 0) is 17.6 Å². The zero-order valence-corrected chi connectivity index (χ0v) is 22.2. The topological polar surface area (TPSA) is 108 Å². The quantitative estimate of drug-likeness (QED) is 0.294. The van der Waals surface area contributed by atoms with E-state index in [-0.39, 0.29) is 5.91 Å². The second-order valence-electron chi connectivity index (χ2n) is 9.59. The summed E-state index contributed by atoms with van der Waals surface area (Å²) in [5, 5.41) is 13.2. The molecule has 0 atom stereocenters. The standard InChI is InChI=1S/C27H27ClN8OS/c28-22-16-31-26-33-21-11-18(14-29-15-21)1-2-19-13-20(32-25(22)35-26)3-4-23(19)34-24(37)12-17-5-8-36(9-6-17)27-30-7-10-38-27/h3-4,7,10-11,13-17H,1-2,5-6,8-9,12H2,(H,34,37)(H2,31,32,33,35). The van der Waals surface area contributed by atoms with Gasteiger partial charge in [-0.3, -0.25) is 9.78 Å². The molecule has 2 aliphatic heterocycles. The number of nitrogens with one attached hydrogen (secondary N) is 3. The van der Waals surface area contributed by atoms with Crippen LogP contribution in [0.15, 0.2) is 54.4 Å². The van der Waals surface area contributed by atoms with Crippen LogP contribution < -0.4 is 20.9 Å². The number of halogens is 1. The Labute approximate surface area is 229 Å². The number of aromatic nitrogens is 4. The molecular weight excluding hydrogens is 520 g/mol. The number of piperidine rings is 1. The smallest absolute Gasteiger partial charge is 0.229 e. The number of rotatable bonds is 4. The lowest BCUT2D eigenvalue weighted by Crippen LogP contribution is -2.34. The predicted octanol–water partition coefficient (Wildman–Crippen LogP) is 5.81. The maximum Gasteiger partial charge on any atom is 0.229 e. The van der Waals surface area contributed by atoms with E-state index in [1.165, 1.54) is 0 Å². The molecule has 4 aromatic rings. The van der Waals surface area contributed by atoms with Gasteiger partial charge in [0.25, 0.3) is 0 Å².